The molecule has 1 saturated heterocycles. The van der Waals surface area contributed by atoms with Gasteiger partial charge in [0.15, 0.2) is 5.58 Å². The monoisotopic (exact) mass is 349 g/mol. The van der Waals surface area contributed by atoms with Gasteiger partial charge < -0.3 is 4.42 Å². The van der Waals surface area contributed by atoms with Crippen LogP contribution in [0.25, 0.3) is 11.1 Å². The average molecular weight is 349 g/mol. The number of nitrogens with zero attached hydrogens (tertiary/aromatic N) is 5. The van der Waals surface area contributed by atoms with Crippen molar-refractivity contribution < 1.29 is 12.8 Å². The molecule has 1 atom stereocenters. The van der Waals surface area contributed by atoms with Crippen LogP contribution in [0.5, 0.6) is 0 Å². The maximum absolute atomic E-state index is 12.9. The zero-order valence-electron chi connectivity index (χ0n) is 12.9. The molecule has 9 nitrogen and oxygen atoms in total. The molecule has 10 heteroatoms. The van der Waals surface area contributed by atoms with Crippen molar-refractivity contribution >= 4 is 21.1 Å². The minimum Gasteiger partial charge on any atom is -0.408 e. The zero-order chi connectivity index (χ0) is 16.9. The van der Waals surface area contributed by atoms with Gasteiger partial charge in [-0.25, -0.2) is 17.9 Å². The van der Waals surface area contributed by atoms with Crippen molar-refractivity contribution in [2.24, 2.45) is 7.05 Å². The molecule has 2 aromatic heterocycles. The largest absolute Gasteiger partial charge is 0.419 e. The molecule has 0 aliphatic carbocycles. The summed E-state index contributed by atoms with van der Waals surface area (Å²) in [5.74, 6) is -0.521. The van der Waals surface area contributed by atoms with Gasteiger partial charge >= 0.3 is 5.76 Å². The van der Waals surface area contributed by atoms with Crippen LogP contribution in [0, 0.1) is 0 Å². The fourth-order valence-corrected chi connectivity index (χ4v) is 4.49. The van der Waals surface area contributed by atoms with E-state index in [0.717, 1.165) is 0 Å². The summed E-state index contributed by atoms with van der Waals surface area (Å²) in [6.45, 7) is 0.753. The lowest BCUT2D eigenvalue weighted by Crippen LogP contribution is -2.29. The van der Waals surface area contributed by atoms with Crippen molar-refractivity contribution in [3.63, 3.8) is 0 Å². The average Bonchev–Trinajstić information content (AvgIpc) is 3.28. The van der Waals surface area contributed by atoms with Crippen LogP contribution in [-0.2, 0) is 17.1 Å². The molecule has 3 heterocycles. The van der Waals surface area contributed by atoms with Crippen LogP contribution in [0.3, 0.4) is 0 Å². The number of aromatic nitrogens is 4. The SMILES string of the molecule is Cn1c(=O)oc2ccc(S(=O)(=O)N3CC[C@@H](n4ccnn4)C3)cc21. The molecule has 3 aromatic rings. The first-order valence-corrected chi connectivity index (χ1v) is 8.86. The third kappa shape index (κ3) is 2.26. The normalized spacial score (nSPS) is 19.3. The van der Waals surface area contributed by atoms with E-state index in [1.54, 1.807) is 24.1 Å². The first-order valence-electron chi connectivity index (χ1n) is 7.42. The van der Waals surface area contributed by atoms with Crippen LogP contribution in [0.1, 0.15) is 12.5 Å². The maximum Gasteiger partial charge on any atom is 0.419 e. The van der Waals surface area contributed by atoms with E-state index in [4.69, 9.17) is 4.42 Å². The molecule has 1 aliphatic heterocycles. The van der Waals surface area contributed by atoms with Crippen molar-refractivity contribution in [2.75, 3.05) is 13.1 Å². The van der Waals surface area contributed by atoms with E-state index in [9.17, 15) is 13.2 Å². The minimum absolute atomic E-state index is 0.0238. The Bertz CT molecular complexity index is 1050. The highest BCUT2D eigenvalue weighted by Gasteiger charge is 2.34. The second-order valence-corrected chi connectivity index (χ2v) is 7.68. The first kappa shape index (κ1) is 15.1. The summed E-state index contributed by atoms with van der Waals surface area (Å²) in [6.07, 6.45) is 3.98. The molecule has 0 unspecified atom stereocenters. The molecule has 0 radical (unpaired) electrons. The summed E-state index contributed by atoms with van der Waals surface area (Å²) >= 11 is 0. The van der Waals surface area contributed by atoms with E-state index in [0.29, 0.717) is 30.6 Å². The van der Waals surface area contributed by atoms with Gasteiger partial charge in [0, 0.05) is 26.3 Å². The zero-order valence-corrected chi connectivity index (χ0v) is 13.7. The van der Waals surface area contributed by atoms with Gasteiger partial charge in [0.1, 0.15) is 0 Å². The molecule has 0 saturated carbocycles. The Morgan fingerprint density at radius 2 is 2.17 bits per heavy atom. The highest BCUT2D eigenvalue weighted by Crippen LogP contribution is 2.28. The minimum atomic E-state index is -3.65. The van der Waals surface area contributed by atoms with E-state index in [-0.39, 0.29) is 10.9 Å². The number of aryl methyl sites for hydroxylation is 1. The maximum atomic E-state index is 12.9. The molecular formula is C14H15N5O4S. The van der Waals surface area contributed by atoms with Gasteiger partial charge in [-0.2, -0.15) is 4.31 Å². The number of hydrogen-bond donors (Lipinski definition) is 0. The lowest BCUT2D eigenvalue weighted by Gasteiger charge is -2.16. The lowest BCUT2D eigenvalue weighted by molar-refractivity contribution is 0.428. The Balaban J connectivity index is 1.68. The predicted molar refractivity (Wildman–Crippen MR) is 83.9 cm³/mol. The fourth-order valence-electron chi connectivity index (χ4n) is 2.97. The molecule has 0 N–H and O–H groups in total. The molecule has 1 aliphatic rings. The third-order valence-electron chi connectivity index (χ3n) is 4.34. The van der Waals surface area contributed by atoms with Crippen molar-refractivity contribution in [3.8, 4) is 0 Å². The van der Waals surface area contributed by atoms with Gasteiger partial charge in [0.2, 0.25) is 10.0 Å². The van der Waals surface area contributed by atoms with Crippen LogP contribution < -0.4 is 5.76 Å². The summed E-state index contributed by atoms with van der Waals surface area (Å²) in [4.78, 5) is 11.7. The van der Waals surface area contributed by atoms with Gasteiger partial charge in [-0.15, -0.1) is 5.10 Å². The van der Waals surface area contributed by atoms with Crippen molar-refractivity contribution in [3.05, 3.63) is 41.1 Å². The fraction of sp³-hybridized carbons (Fsp3) is 0.357. The number of rotatable bonds is 3. The Kier molecular flexibility index (Phi) is 3.32. The second-order valence-electron chi connectivity index (χ2n) is 5.75. The van der Waals surface area contributed by atoms with Crippen molar-refractivity contribution in [1.82, 2.24) is 23.9 Å². The van der Waals surface area contributed by atoms with E-state index >= 15 is 0 Å². The topological polar surface area (TPSA) is 103 Å². The van der Waals surface area contributed by atoms with Crippen LogP contribution in [0.2, 0.25) is 0 Å². The van der Waals surface area contributed by atoms with Gasteiger partial charge in [0.25, 0.3) is 0 Å². The van der Waals surface area contributed by atoms with Crippen molar-refractivity contribution in [1.29, 1.82) is 0 Å². The number of oxazole rings is 1. The van der Waals surface area contributed by atoms with Crippen molar-refractivity contribution in [2.45, 2.75) is 17.4 Å². The summed E-state index contributed by atoms with van der Waals surface area (Å²) in [5, 5.41) is 7.70. The van der Waals surface area contributed by atoms with Crippen LogP contribution >= 0.6 is 0 Å². The van der Waals surface area contributed by atoms with E-state index in [1.807, 2.05) is 0 Å². The standard InChI is InChI=1S/C14H15N5O4S/c1-17-12-8-11(2-3-13(12)23-14(17)20)24(21,22)18-6-4-10(9-18)19-7-5-15-16-19/h2-3,5,7-8,10H,4,6,9H2,1H3/t10-/m1/s1. The molecular weight excluding hydrogens is 334 g/mol. The van der Waals surface area contributed by atoms with E-state index in [1.165, 1.54) is 27.1 Å². The van der Waals surface area contributed by atoms with E-state index < -0.39 is 15.8 Å². The van der Waals surface area contributed by atoms with Crippen LogP contribution in [0.15, 0.2) is 44.7 Å². The predicted octanol–water partition coefficient (Wildman–Crippen LogP) is 0.359. The van der Waals surface area contributed by atoms with Gasteiger partial charge in [-0.1, -0.05) is 5.21 Å². The molecule has 126 valence electrons. The first-order chi connectivity index (χ1) is 11.5. The number of benzene rings is 1. The lowest BCUT2D eigenvalue weighted by atomic mass is 10.3. The summed E-state index contributed by atoms with van der Waals surface area (Å²) in [6, 6.07) is 4.42. The van der Waals surface area contributed by atoms with Crippen LogP contribution in [-0.4, -0.2) is 45.4 Å². The molecule has 0 bridgehead atoms. The summed E-state index contributed by atoms with van der Waals surface area (Å²) in [5.41, 5.74) is 0.816. The Morgan fingerprint density at radius 1 is 1.33 bits per heavy atom. The Morgan fingerprint density at radius 3 is 2.92 bits per heavy atom. The van der Waals surface area contributed by atoms with Gasteiger partial charge in [0.05, 0.1) is 22.7 Å². The molecule has 1 fully saturated rings. The number of sulfonamides is 1. The van der Waals surface area contributed by atoms with Gasteiger partial charge in [-0.05, 0) is 24.6 Å². The summed E-state index contributed by atoms with van der Waals surface area (Å²) < 4.78 is 35.2. The second kappa shape index (κ2) is 5.28. The molecule has 0 spiro atoms. The Labute approximate surface area is 137 Å². The van der Waals surface area contributed by atoms with Gasteiger partial charge in [-0.3, -0.25) is 4.57 Å². The highest BCUT2D eigenvalue weighted by atomic mass is 32.2. The molecule has 1 aromatic carbocycles. The molecule has 4 rings (SSSR count). The molecule has 24 heavy (non-hydrogen) atoms. The van der Waals surface area contributed by atoms with Crippen LogP contribution in [0.4, 0.5) is 0 Å². The van der Waals surface area contributed by atoms with E-state index in [2.05, 4.69) is 10.3 Å². The third-order valence-corrected chi connectivity index (χ3v) is 6.20. The summed E-state index contributed by atoms with van der Waals surface area (Å²) in [7, 11) is -2.10. The smallest absolute Gasteiger partial charge is 0.408 e. The quantitative estimate of drug-likeness (QED) is 0.676. The number of hydrogen-bond acceptors (Lipinski definition) is 6. The number of fused-ring (bicyclic) bond motifs is 1. The Hall–Kier alpha value is -2.46. The molecule has 0 amide bonds. The highest BCUT2D eigenvalue weighted by molar-refractivity contribution is 7.89.